The first-order valence-corrected chi connectivity index (χ1v) is 21.7. The van der Waals surface area contributed by atoms with E-state index in [-0.39, 0.29) is 108 Å². The fourth-order valence-electron chi connectivity index (χ4n) is 12.3. The van der Waals surface area contributed by atoms with Crippen LogP contribution in [0.1, 0.15) is 118 Å². The topological polar surface area (TPSA) is 193 Å². The number of aliphatic hydroxyl groups excluding tert-OH is 3. The number of nitrogens with one attached hydrogen (secondary N) is 1. The molecule has 0 radical (unpaired) electrons. The SMILES string of the molecule is C#CCCCC(=O)CC(CN=[N+]=[N-])CC(=O)C1=C(C)CSC2C(NC(=O)CC[C@@H](C)[C@H]3CC[C@H]4[C@@H]5[C@H](O)C[C@@H]6C[C@H](O)CC[C@]6(C)[C@H]5C[C@H](O)[C@]34C)C(=O)N12. The highest BCUT2D eigenvalue weighted by Gasteiger charge is 2.65. The summed E-state index contributed by atoms with van der Waals surface area (Å²) in [6, 6.07) is -0.746. The lowest BCUT2D eigenvalue weighted by Crippen LogP contribution is -2.70. The van der Waals surface area contributed by atoms with Gasteiger partial charge in [0.05, 0.1) is 24.0 Å². The van der Waals surface area contributed by atoms with Crippen molar-refractivity contribution in [3.8, 4) is 12.3 Å². The average molecular weight is 780 g/mol. The van der Waals surface area contributed by atoms with E-state index in [2.05, 4.69) is 42.0 Å². The quantitative estimate of drug-likeness (QED) is 0.0407. The van der Waals surface area contributed by atoms with E-state index in [0.717, 1.165) is 37.7 Å². The maximum Gasteiger partial charge on any atom is 0.253 e. The molecule has 4 saturated carbocycles. The number of allylic oxidation sites excluding steroid dienone is 1. The van der Waals surface area contributed by atoms with Gasteiger partial charge < -0.3 is 20.6 Å². The normalized spacial score (nSPS) is 38.9. The highest BCUT2D eigenvalue weighted by molar-refractivity contribution is 8.00. The summed E-state index contributed by atoms with van der Waals surface area (Å²) in [5, 5.41) is 40.1. The van der Waals surface area contributed by atoms with Crippen molar-refractivity contribution in [1.29, 1.82) is 0 Å². The zero-order valence-electron chi connectivity index (χ0n) is 33.0. The number of carbonyl (C=O) groups is 4. The Labute approximate surface area is 330 Å². The zero-order chi connectivity index (χ0) is 39.8. The molecule has 5 fully saturated rings. The number of thioether (sulfide) groups is 1. The number of fused-ring (bicyclic) bond motifs is 6. The van der Waals surface area contributed by atoms with Crippen molar-refractivity contribution in [2.45, 2.75) is 147 Å². The van der Waals surface area contributed by atoms with Crippen LogP contribution < -0.4 is 5.32 Å². The first-order valence-electron chi connectivity index (χ1n) is 20.6. The number of hydrogen-bond donors (Lipinski definition) is 4. The number of amides is 2. The molecule has 0 aromatic rings. The summed E-state index contributed by atoms with van der Waals surface area (Å²) in [5.74, 6) is 2.83. The first kappa shape index (κ1) is 41.7. The molecule has 302 valence electrons. The van der Waals surface area contributed by atoms with E-state index < -0.39 is 29.5 Å². The molecule has 0 bridgehead atoms. The Bertz CT molecular complexity index is 1640. The van der Waals surface area contributed by atoms with Gasteiger partial charge in [-0.1, -0.05) is 25.9 Å². The number of rotatable bonds is 15. The molecule has 2 aliphatic heterocycles. The van der Waals surface area contributed by atoms with Crippen molar-refractivity contribution in [3.05, 3.63) is 21.7 Å². The van der Waals surface area contributed by atoms with Crippen molar-refractivity contribution in [2.75, 3.05) is 12.3 Å². The van der Waals surface area contributed by atoms with Crippen LogP contribution in [0.2, 0.25) is 0 Å². The van der Waals surface area contributed by atoms with Gasteiger partial charge in [-0.3, -0.25) is 24.1 Å². The van der Waals surface area contributed by atoms with Gasteiger partial charge in [0.25, 0.3) is 5.91 Å². The number of nitrogens with zero attached hydrogens (tertiary/aromatic N) is 4. The maximum absolute atomic E-state index is 13.7. The van der Waals surface area contributed by atoms with Crippen LogP contribution in [0.5, 0.6) is 0 Å². The second-order valence-corrected chi connectivity index (χ2v) is 19.4. The Morgan fingerprint density at radius 3 is 2.60 bits per heavy atom. The van der Waals surface area contributed by atoms with Gasteiger partial charge in [-0.25, -0.2) is 0 Å². The zero-order valence-corrected chi connectivity index (χ0v) is 33.8. The molecule has 12 nitrogen and oxygen atoms in total. The third-order valence-corrected chi connectivity index (χ3v) is 16.7. The molecule has 3 unspecified atom stereocenters. The molecule has 0 aromatic carbocycles. The lowest BCUT2D eigenvalue weighted by Gasteiger charge is -2.63. The number of hydrogen-bond acceptors (Lipinski definition) is 9. The Kier molecular flexibility index (Phi) is 12.8. The number of aliphatic hydroxyl groups is 3. The van der Waals surface area contributed by atoms with E-state index >= 15 is 0 Å². The van der Waals surface area contributed by atoms with E-state index in [1.165, 1.54) is 16.7 Å². The highest BCUT2D eigenvalue weighted by atomic mass is 32.2. The molecule has 0 spiro atoms. The molecular weight excluding hydrogens is 719 g/mol. The van der Waals surface area contributed by atoms with E-state index in [0.29, 0.717) is 43.6 Å². The third kappa shape index (κ3) is 7.88. The Morgan fingerprint density at radius 1 is 1.11 bits per heavy atom. The van der Waals surface area contributed by atoms with Crippen LogP contribution in [-0.2, 0) is 19.2 Å². The van der Waals surface area contributed by atoms with Crippen LogP contribution in [0.3, 0.4) is 0 Å². The molecule has 6 rings (SSSR count). The molecule has 14 atom stereocenters. The number of unbranched alkanes of at least 4 members (excludes halogenated alkanes) is 1. The second-order valence-electron chi connectivity index (χ2n) is 18.3. The predicted molar refractivity (Wildman–Crippen MR) is 210 cm³/mol. The Morgan fingerprint density at radius 2 is 1.87 bits per heavy atom. The van der Waals surface area contributed by atoms with E-state index in [4.69, 9.17) is 12.0 Å². The van der Waals surface area contributed by atoms with Crippen LogP contribution in [0.4, 0.5) is 0 Å². The van der Waals surface area contributed by atoms with Crippen molar-refractivity contribution in [2.24, 2.45) is 57.4 Å². The van der Waals surface area contributed by atoms with Gasteiger partial charge in [0, 0.05) is 49.3 Å². The molecule has 1 saturated heterocycles. The minimum Gasteiger partial charge on any atom is -0.393 e. The van der Waals surface area contributed by atoms with Gasteiger partial charge in [0.1, 0.15) is 17.2 Å². The lowest BCUT2D eigenvalue weighted by molar-refractivity contribution is -0.207. The molecule has 4 aliphatic carbocycles. The van der Waals surface area contributed by atoms with Gasteiger partial charge in [0.15, 0.2) is 5.78 Å². The van der Waals surface area contributed by atoms with Crippen LogP contribution in [0, 0.1) is 64.6 Å². The van der Waals surface area contributed by atoms with Crippen LogP contribution >= 0.6 is 11.8 Å². The number of azide groups is 1. The average Bonchev–Trinajstić information content (AvgIpc) is 3.51. The van der Waals surface area contributed by atoms with Gasteiger partial charge in [0.2, 0.25) is 5.91 Å². The monoisotopic (exact) mass is 779 g/mol. The summed E-state index contributed by atoms with van der Waals surface area (Å²) in [6.07, 6.45) is 12.0. The first-order chi connectivity index (χ1) is 26.1. The van der Waals surface area contributed by atoms with Crippen LogP contribution in [0.15, 0.2) is 16.4 Å². The van der Waals surface area contributed by atoms with Crippen molar-refractivity contribution in [1.82, 2.24) is 10.2 Å². The van der Waals surface area contributed by atoms with Crippen molar-refractivity contribution >= 4 is 35.1 Å². The van der Waals surface area contributed by atoms with Crippen molar-refractivity contribution < 1.29 is 34.5 Å². The van der Waals surface area contributed by atoms with E-state index in [1.807, 2.05) is 6.92 Å². The Balaban J connectivity index is 1.04. The van der Waals surface area contributed by atoms with Gasteiger partial charge in [-0.2, -0.15) is 0 Å². The fraction of sp³-hybridized carbons (Fsp3) is 0.810. The summed E-state index contributed by atoms with van der Waals surface area (Å²) in [4.78, 5) is 57.5. The summed E-state index contributed by atoms with van der Waals surface area (Å²) in [5.41, 5.74) is 9.62. The van der Waals surface area contributed by atoms with Crippen LogP contribution in [0.25, 0.3) is 10.4 Å². The van der Waals surface area contributed by atoms with Gasteiger partial charge >= 0.3 is 0 Å². The minimum absolute atomic E-state index is 0.00696. The molecule has 2 heterocycles. The largest absolute Gasteiger partial charge is 0.393 e. The van der Waals surface area contributed by atoms with Crippen LogP contribution in [-0.4, -0.2) is 85.6 Å². The van der Waals surface area contributed by atoms with Gasteiger partial charge in [-0.05, 0) is 128 Å². The molecular formula is C42H61N5O7S. The molecule has 0 aromatic heterocycles. The summed E-state index contributed by atoms with van der Waals surface area (Å²) in [7, 11) is 0. The minimum atomic E-state index is -0.746. The third-order valence-electron chi connectivity index (χ3n) is 15.3. The summed E-state index contributed by atoms with van der Waals surface area (Å²) >= 11 is 1.51. The smallest absolute Gasteiger partial charge is 0.253 e. The fourth-order valence-corrected chi connectivity index (χ4v) is 13.6. The molecule has 55 heavy (non-hydrogen) atoms. The molecule has 4 N–H and O–H groups in total. The van der Waals surface area contributed by atoms with E-state index in [9.17, 15) is 34.5 Å². The summed E-state index contributed by atoms with van der Waals surface area (Å²) in [6.45, 7) is 8.53. The molecule has 13 heteroatoms. The maximum atomic E-state index is 13.7. The summed E-state index contributed by atoms with van der Waals surface area (Å²) < 4.78 is 0. The molecule has 6 aliphatic rings. The number of Topliss-reactive ketones (excluding diaryl/α,β-unsaturated/α-hetero) is 2. The van der Waals surface area contributed by atoms with Gasteiger partial charge in [-0.15, -0.1) is 24.1 Å². The molecule has 2 amide bonds. The standard InChI is InChI=1S/C42H61N5O7S/c1-6-7-8-9-27(48)16-25(21-44-46-43)17-33(51)38-24(3)22-55-40-37(39(54)47(38)40)45-35(53)13-10-23(2)29-11-12-30-36-31(20-34(52)42(29,30)5)41(4)15-14-28(49)18-26(41)19-32(36)50/h1,23,25-26,28-32,34,36-37,40,49-50,52H,7-22H2,2-5H3,(H,45,53)/t23-,25?,26+,28-,29-,30+,31+,32-,34+,36+,37?,40?,41+,42-/m1/s1. The van der Waals surface area contributed by atoms with Crippen molar-refractivity contribution in [3.63, 3.8) is 0 Å². The number of terminal acetylenes is 1. The second kappa shape index (κ2) is 16.9. The Hall–Kier alpha value is -2.88. The lowest BCUT2D eigenvalue weighted by atomic mass is 9.43. The number of β-lactam (4-membered cyclic amide) rings is 1. The van der Waals surface area contributed by atoms with E-state index in [1.54, 1.807) is 0 Å². The number of carbonyl (C=O) groups excluding carboxylic acids is 4. The predicted octanol–water partition coefficient (Wildman–Crippen LogP) is 5.69. The number of ketones is 2. The highest BCUT2D eigenvalue weighted by Crippen LogP contribution is 2.68.